The lowest BCUT2D eigenvalue weighted by atomic mass is 9.99. The lowest BCUT2D eigenvalue weighted by Gasteiger charge is -2.29. The highest BCUT2D eigenvalue weighted by Gasteiger charge is 2.34. The Hall–Kier alpha value is -0.840. The molecule has 2 aliphatic rings. The smallest absolute Gasteiger partial charge is 0.253 e. The van der Waals surface area contributed by atoms with E-state index in [1.807, 2.05) is 19.1 Å². The first-order chi connectivity index (χ1) is 8.70. The van der Waals surface area contributed by atoms with Gasteiger partial charge < -0.3 is 10.6 Å². The Morgan fingerprint density at radius 3 is 2.45 bits per heavy atom. The number of carbonyl (C=O) groups is 1. The topological polar surface area (TPSA) is 54.0 Å². The Morgan fingerprint density at radius 2 is 1.90 bits per heavy atom. The Kier molecular flexibility index (Phi) is 6.24. The highest BCUT2D eigenvalue weighted by molar-refractivity contribution is 5.94. The van der Waals surface area contributed by atoms with Crippen molar-refractivity contribution in [3.05, 3.63) is 29.6 Å². The van der Waals surface area contributed by atoms with Crippen molar-refractivity contribution < 1.29 is 4.79 Å². The highest BCUT2D eigenvalue weighted by atomic mass is 35.5. The maximum absolute atomic E-state index is 12.1. The third-order valence-corrected chi connectivity index (χ3v) is 3.98. The van der Waals surface area contributed by atoms with Crippen LogP contribution in [0.1, 0.15) is 41.7 Å². The van der Waals surface area contributed by atoms with Crippen LogP contribution in [0.2, 0.25) is 0 Å². The van der Waals surface area contributed by atoms with Crippen molar-refractivity contribution in [2.75, 3.05) is 0 Å². The number of carbonyl (C=O) groups excluding carboxylic acids is 1. The fraction of sp³-hybridized carbons (Fsp3) is 0.571. The molecule has 2 bridgehead atoms. The van der Waals surface area contributed by atoms with Crippen LogP contribution < -0.4 is 10.6 Å². The van der Waals surface area contributed by atoms with Crippen molar-refractivity contribution in [3.63, 3.8) is 0 Å². The minimum atomic E-state index is 0. The van der Waals surface area contributed by atoms with E-state index in [1.54, 1.807) is 6.20 Å². The second-order valence-corrected chi connectivity index (χ2v) is 5.47. The minimum absolute atomic E-state index is 0. The summed E-state index contributed by atoms with van der Waals surface area (Å²) >= 11 is 0. The first kappa shape index (κ1) is 17.2. The van der Waals surface area contributed by atoms with Gasteiger partial charge in [0.15, 0.2) is 0 Å². The number of aromatic nitrogens is 1. The SMILES string of the molecule is Cc1ccc(C(=O)NC2CC3CCC(C2)N3)cn1.Cl.Cl. The molecule has 1 aromatic heterocycles. The number of hydrogen-bond donors (Lipinski definition) is 2. The lowest BCUT2D eigenvalue weighted by molar-refractivity contribution is 0.0923. The van der Waals surface area contributed by atoms with Gasteiger partial charge in [-0.05, 0) is 44.7 Å². The van der Waals surface area contributed by atoms with Gasteiger partial charge in [-0.25, -0.2) is 0 Å². The minimum Gasteiger partial charge on any atom is -0.349 e. The molecular formula is C14H21Cl2N3O. The monoisotopic (exact) mass is 317 g/mol. The van der Waals surface area contributed by atoms with Crippen LogP contribution in [0.3, 0.4) is 0 Å². The third kappa shape index (κ3) is 3.84. The maximum Gasteiger partial charge on any atom is 0.253 e. The average Bonchev–Trinajstić information content (AvgIpc) is 2.69. The van der Waals surface area contributed by atoms with Crippen molar-refractivity contribution in [1.29, 1.82) is 0 Å². The van der Waals surface area contributed by atoms with Crippen LogP contribution in [0.5, 0.6) is 0 Å². The second kappa shape index (κ2) is 7.25. The Morgan fingerprint density at radius 1 is 1.25 bits per heavy atom. The molecule has 2 unspecified atom stereocenters. The zero-order valence-corrected chi connectivity index (χ0v) is 13.1. The Labute approximate surface area is 131 Å². The molecule has 0 aliphatic carbocycles. The van der Waals surface area contributed by atoms with Crippen LogP contribution in [0.25, 0.3) is 0 Å². The average molecular weight is 318 g/mol. The van der Waals surface area contributed by atoms with Crippen LogP contribution in [-0.4, -0.2) is 29.0 Å². The largest absolute Gasteiger partial charge is 0.349 e. The Bertz CT molecular complexity index is 440. The molecule has 4 nitrogen and oxygen atoms in total. The van der Waals surface area contributed by atoms with E-state index < -0.39 is 0 Å². The first-order valence-corrected chi connectivity index (χ1v) is 6.70. The van der Waals surface area contributed by atoms with E-state index >= 15 is 0 Å². The van der Waals surface area contributed by atoms with E-state index in [9.17, 15) is 4.79 Å². The molecule has 2 saturated heterocycles. The molecule has 3 heterocycles. The van der Waals surface area contributed by atoms with Gasteiger partial charge in [-0.3, -0.25) is 9.78 Å². The summed E-state index contributed by atoms with van der Waals surface area (Å²) in [5.74, 6) is 0.00815. The molecule has 0 saturated carbocycles. The van der Waals surface area contributed by atoms with Crippen molar-refractivity contribution >= 4 is 30.7 Å². The van der Waals surface area contributed by atoms with Gasteiger partial charge in [-0.1, -0.05) is 0 Å². The summed E-state index contributed by atoms with van der Waals surface area (Å²) < 4.78 is 0. The van der Waals surface area contributed by atoms with E-state index in [0.29, 0.717) is 23.7 Å². The summed E-state index contributed by atoms with van der Waals surface area (Å²) in [5, 5.41) is 6.71. The molecule has 0 spiro atoms. The van der Waals surface area contributed by atoms with Gasteiger partial charge in [0.25, 0.3) is 5.91 Å². The summed E-state index contributed by atoms with van der Waals surface area (Å²) in [5.41, 5.74) is 1.60. The molecule has 0 radical (unpaired) electrons. The number of nitrogens with one attached hydrogen (secondary N) is 2. The number of nitrogens with zero attached hydrogens (tertiary/aromatic N) is 1. The van der Waals surface area contributed by atoms with Crippen LogP contribution in [0, 0.1) is 6.92 Å². The van der Waals surface area contributed by atoms with Crippen molar-refractivity contribution in [2.24, 2.45) is 0 Å². The summed E-state index contributed by atoms with van der Waals surface area (Å²) in [6.07, 6.45) is 6.27. The van der Waals surface area contributed by atoms with Gasteiger partial charge in [-0.2, -0.15) is 0 Å². The molecule has 1 amide bonds. The molecule has 3 rings (SSSR count). The Balaban J connectivity index is 0.000001000. The van der Waals surface area contributed by atoms with Crippen LogP contribution in [-0.2, 0) is 0 Å². The van der Waals surface area contributed by atoms with E-state index in [2.05, 4.69) is 15.6 Å². The van der Waals surface area contributed by atoms with Gasteiger partial charge in [0, 0.05) is 30.0 Å². The highest BCUT2D eigenvalue weighted by Crippen LogP contribution is 2.26. The third-order valence-electron chi connectivity index (χ3n) is 3.98. The molecule has 6 heteroatoms. The summed E-state index contributed by atoms with van der Waals surface area (Å²) in [6, 6.07) is 5.24. The lowest BCUT2D eigenvalue weighted by Crippen LogP contribution is -2.48. The molecule has 2 aliphatic heterocycles. The molecule has 2 atom stereocenters. The van der Waals surface area contributed by atoms with Gasteiger partial charge in [0.05, 0.1) is 5.56 Å². The van der Waals surface area contributed by atoms with Crippen molar-refractivity contribution in [2.45, 2.75) is 50.7 Å². The van der Waals surface area contributed by atoms with E-state index in [1.165, 1.54) is 12.8 Å². The zero-order chi connectivity index (χ0) is 12.5. The van der Waals surface area contributed by atoms with Crippen LogP contribution in [0.15, 0.2) is 18.3 Å². The number of halogens is 2. The number of piperidine rings is 1. The zero-order valence-electron chi connectivity index (χ0n) is 11.5. The van der Waals surface area contributed by atoms with Gasteiger partial charge in [-0.15, -0.1) is 24.8 Å². The molecule has 0 aromatic carbocycles. The predicted octanol–water partition coefficient (Wildman–Crippen LogP) is 2.25. The molecule has 2 N–H and O–H groups in total. The number of fused-ring (bicyclic) bond motifs is 2. The summed E-state index contributed by atoms with van der Waals surface area (Å²) in [4.78, 5) is 16.2. The van der Waals surface area contributed by atoms with E-state index in [0.717, 1.165) is 18.5 Å². The predicted molar refractivity (Wildman–Crippen MR) is 83.9 cm³/mol. The number of amides is 1. The molecule has 1 aromatic rings. The summed E-state index contributed by atoms with van der Waals surface area (Å²) in [6.45, 7) is 1.92. The normalized spacial score (nSPS) is 27.1. The fourth-order valence-corrected chi connectivity index (χ4v) is 3.05. The molecule has 20 heavy (non-hydrogen) atoms. The maximum atomic E-state index is 12.1. The molecule has 112 valence electrons. The van der Waals surface area contributed by atoms with Crippen LogP contribution in [0.4, 0.5) is 0 Å². The van der Waals surface area contributed by atoms with Gasteiger partial charge in [0.1, 0.15) is 0 Å². The van der Waals surface area contributed by atoms with E-state index in [-0.39, 0.29) is 30.7 Å². The van der Waals surface area contributed by atoms with Gasteiger partial charge >= 0.3 is 0 Å². The second-order valence-electron chi connectivity index (χ2n) is 5.47. The van der Waals surface area contributed by atoms with E-state index in [4.69, 9.17) is 0 Å². The fourth-order valence-electron chi connectivity index (χ4n) is 3.05. The first-order valence-electron chi connectivity index (χ1n) is 6.70. The number of pyridine rings is 1. The van der Waals surface area contributed by atoms with Crippen molar-refractivity contribution in [1.82, 2.24) is 15.6 Å². The van der Waals surface area contributed by atoms with Crippen LogP contribution >= 0.6 is 24.8 Å². The number of hydrogen-bond acceptors (Lipinski definition) is 3. The number of aryl methyl sites for hydroxylation is 1. The van der Waals surface area contributed by atoms with Gasteiger partial charge in [0.2, 0.25) is 0 Å². The summed E-state index contributed by atoms with van der Waals surface area (Å²) in [7, 11) is 0. The molecular weight excluding hydrogens is 297 g/mol. The quantitative estimate of drug-likeness (QED) is 0.879. The standard InChI is InChI=1S/C14H19N3O.2ClH/c1-9-2-3-10(8-15-9)14(18)17-13-6-11-4-5-12(7-13)16-11;;/h2-3,8,11-13,16H,4-7H2,1H3,(H,17,18);2*1H. The number of rotatable bonds is 2. The van der Waals surface area contributed by atoms with Crippen molar-refractivity contribution in [3.8, 4) is 0 Å². The molecule has 2 fully saturated rings.